The van der Waals surface area contributed by atoms with Crippen LogP contribution in [-0.4, -0.2) is 15.7 Å². The Morgan fingerprint density at radius 3 is 3.05 bits per heavy atom. The van der Waals surface area contributed by atoms with E-state index in [0.29, 0.717) is 23.2 Å². The third kappa shape index (κ3) is 2.47. The lowest BCUT2D eigenvalue weighted by molar-refractivity contribution is 0.111. The molecule has 21 heavy (non-hydrogen) atoms. The van der Waals surface area contributed by atoms with E-state index in [4.69, 9.17) is 10.00 Å². The van der Waals surface area contributed by atoms with Crippen molar-refractivity contribution >= 4 is 11.9 Å². The third-order valence-corrected chi connectivity index (χ3v) is 3.15. The summed E-state index contributed by atoms with van der Waals surface area (Å²) in [7, 11) is 0. The minimum Gasteiger partial charge on any atom is -0.488 e. The summed E-state index contributed by atoms with van der Waals surface area (Å²) in [6, 6.07) is 10.6. The van der Waals surface area contributed by atoms with Gasteiger partial charge in [0, 0.05) is 24.2 Å². The van der Waals surface area contributed by atoms with Gasteiger partial charge in [-0.3, -0.25) is 4.79 Å². The zero-order chi connectivity index (χ0) is 14.7. The van der Waals surface area contributed by atoms with Crippen LogP contribution in [0.5, 0.6) is 5.75 Å². The lowest BCUT2D eigenvalue weighted by atomic mass is 10.1. The first-order valence-electron chi connectivity index (χ1n) is 6.34. The van der Waals surface area contributed by atoms with E-state index < -0.39 is 0 Å². The minimum atomic E-state index is 0.275. The highest BCUT2D eigenvalue weighted by Crippen LogP contribution is 2.21. The molecular weight excluding hydrogens is 266 g/mol. The molecule has 0 fully saturated rings. The summed E-state index contributed by atoms with van der Waals surface area (Å²) in [5, 5.41) is 8.92. The number of carbonyl (C=O) groups excluding carboxylic acids is 1. The van der Waals surface area contributed by atoms with Crippen LogP contribution < -0.4 is 4.74 Å². The summed E-state index contributed by atoms with van der Waals surface area (Å²) in [6.07, 6.45) is 6.18. The fourth-order valence-corrected chi connectivity index (χ4v) is 2.10. The quantitative estimate of drug-likeness (QED) is 0.687. The van der Waals surface area contributed by atoms with Crippen LogP contribution in [0.15, 0.2) is 48.9 Å². The van der Waals surface area contributed by atoms with Gasteiger partial charge in [0.05, 0.1) is 17.2 Å². The SMILES string of the molecule is N#Cc1ccc(C=O)c(OCc2cccn3ccnc23)c1. The fraction of sp³-hybridized carbons (Fsp3) is 0.0625. The number of aldehydes is 1. The number of ether oxygens (including phenoxy) is 1. The number of nitriles is 1. The zero-order valence-electron chi connectivity index (χ0n) is 11.1. The molecule has 0 N–H and O–H groups in total. The lowest BCUT2D eigenvalue weighted by Crippen LogP contribution is -2.01. The summed E-state index contributed by atoms with van der Waals surface area (Å²) in [6.45, 7) is 0.275. The molecule has 0 saturated carbocycles. The predicted octanol–water partition coefficient (Wildman–Crippen LogP) is 2.60. The van der Waals surface area contributed by atoms with Crippen LogP contribution in [0, 0.1) is 11.3 Å². The smallest absolute Gasteiger partial charge is 0.153 e. The maximum atomic E-state index is 11.0. The van der Waals surface area contributed by atoms with Crippen molar-refractivity contribution in [1.29, 1.82) is 5.26 Å². The highest BCUT2D eigenvalue weighted by atomic mass is 16.5. The van der Waals surface area contributed by atoms with Crippen LogP contribution >= 0.6 is 0 Å². The van der Waals surface area contributed by atoms with E-state index in [1.165, 1.54) is 0 Å². The second-order valence-electron chi connectivity index (χ2n) is 4.46. The van der Waals surface area contributed by atoms with Crippen molar-refractivity contribution in [2.75, 3.05) is 0 Å². The van der Waals surface area contributed by atoms with E-state index in [1.54, 1.807) is 24.4 Å². The van der Waals surface area contributed by atoms with Gasteiger partial charge in [-0.25, -0.2) is 4.98 Å². The van der Waals surface area contributed by atoms with Crippen LogP contribution in [0.4, 0.5) is 0 Å². The first kappa shape index (κ1) is 12.9. The molecule has 0 aliphatic heterocycles. The van der Waals surface area contributed by atoms with Gasteiger partial charge in [0.1, 0.15) is 18.0 Å². The van der Waals surface area contributed by atoms with Crippen molar-refractivity contribution in [3.8, 4) is 11.8 Å². The molecule has 2 aromatic heterocycles. The number of carbonyl (C=O) groups is 1. The van der Waals surface area contributed by atoms with Gasteiger partial charge in [-0.05, 0) is 24.3 Å². The van der Waals surface area contributed by atoms with E-state index in [9.17, 15) is 4.79 Å². The van der Waals surface area contributed by atoms with Gasteiger partial charge in [0.2, 0.25) is 0 Å². The topological polar surface area (TPSA) is 67.4 Å². The molecule has 3 rings (SSSR count). The number of rotatable bonds is 4. The Balaban J connectivity index is 1.89. The summed E-state index contributed by atoms with van der Waals surface area (Å²) >= 11 is 0. The Labute approximate surface area is 121 Å². The van der Waals surface area contributed by atoms with Crippen molar-refractivity contribution in [3.05, 3.63) is 65.6 Å². The molecule has 0 atom stereocenters. The molecule has 5 heteroatoms. The van der Waals surface area contributed by atoms with E-state index in [0.717, 1.165) is 11.2 Å². The Bertz CT molecular complexity index is 846. The largest absolute Gasteiger partial charge is 0.488 e. The maximum absolute atomic E-state index is 11.0. The first-order chi connectivity index (χ1) is 10.3. The van der Waals surface area contributed by atoms with Crippen molar-refractivity contribution in [2.45, 2.75) is 6.61 Å². The van der Waals surface area contributed by atoms with E-state index in [-0.39, 0.29) is 6.61 Å². The second-order valence-corrected chi connectivity index (χ2v) is 4.46. The molecule has 2 heterocycles. The van der Waals surface area contributed by atoms with E-state index in [1.807, 2.05) is 35.0 Å². The highest BCUT2D eigenvalue weighted by Gasteiger charge is 2.07. The van der Waals surface area contributed by atoms with E-state index in [2.05, 4.69) is 4.98 Å². The predicted molar refractivity (Wildman–Crippen MR) is 76.1 cm³/mol. The number of pyridine rings is 1. The molecule has 0 aliphatic rings. The monoisotopic (exact) mass is 277 g/mol. The maximum Gasteiger partial charge on any atom is 0.153 e. The van der Waals surface area contributed by atoms with Gasteiger partial charge in [-0.2, -0.15) is 5.26 Å². The lowest BCUT2D eigenvalue weighted by Gasteiger charge is -2.09. The van der Waals surface area contributed by atoms with Gasteiger partial charge < -0.3 is 9.14 Å². The number of aromatic nitrogens is 2. The molecule has 5 nitrogen and oxygen atoms in total. The van der Waals surface area contributed by atoms with Crippen LogP contribution in [0.2, 0.25) is 0 Å². The van der Waals surface area contributed by atoms with Gasteiger partial charge in [0.25, 0.3) is 0 Å². The molecule has 0 unspecified atom stereocenters. The average Bonchev–Trinajstić information content (AvgIpc) is 3.01. The molecule has 0 radical (unpaired) electrons. The molecular formula is C16H11N3O2. The Kier molecular flexibility index (Phi) is 3.36. The van der Waals surface area contributed by atoms with Crippen molar-refractivity contribution in [1.82, 2.24) is 9.38 Å². The Morgan fingerprint density at radius 1 is 1.33 bits per heavy atom. The molecule has 102 valence electrons. The Morgan fingerprint density at radius 2 is 2.24 bits per heavy atom. The van der Waals surface area contributed by atoms with E-state index >= 15 is 0 Å². The summed E-state index contributed by atoms with van der Waals surface area (Å²) in [5.41, 5.74) is 2.59. The van der Waals surface area contributed by atoms with Gasteiger partial charge >= 0.3 is 0 Å². The van der Waals surface area contributed by atoms with Crippen LogP contribution in [0.1, 0.15) is 21.5 Å². The van der Waals surface area contributed by atoms with Crippen molar-refractivity contribution in [2.24, 2.45) is 0 Å². The molecule has 0 saturated heterocycles. The van der Waals surface area contributed by atoms with Crippen LogP contribution in [0.3, 0.4) is 0 Å². The number of fused-ring (bicyclic) bond motifs is 1. The van der Waals surface area contributed by atoms with Crippen molar-refractivity contribution in [3.63, 3.8) is 0 Å². The summed E-state index contributed by atoms with van der Waals surface area (Å²) in [5.74, 6) is 0.401. The molecule has 0 spiro atoms. The third-order valence-electron chi connectivity index (χ3n) is 3.15. The minimum absolute atomic E-state index is 0.275. The second kappa shape index (κ2) is 5.47. The number of benzene rings is 1. The fourth-order valence-electron chi connectivity index (χ4n) is 2.10. The molecule has 0 bridgehead atoms. The molecule has 3 aromatic rings. The highest BCUT2D eigenvalue weighted by molar-refractivity contribution is 5.79. The van der Waals surface area contributed by atoms with Crippen molar-refractivity contribution < 1.29 is 9.53 Å². The van der Waals surface area contributed by atoms with Crippen LogP contribution in [-0.2, 0) is 6.61 Å². The standard InChI is InChI=1S/C16H11N3O2/c17-9-12-3-4-13(10-20)15(8-12)21-11-14-2-1-6-19-7-5-18-16(14)19/h1-8,10H,11H2. The molecule has 0 amide bonds. The van der Waals surface area contributed by atoms with Gasteiger partial charge in [-0.1, -0.05) is 6.07 Å². The summed E-state index contributed by atoms with van der Waals surface area (Å²) in [4.78, 5) is 15.3. The number of hydrogen-bond acceptors (Lipinski definition) is 4. The first-order valence-corrected chi connectivity index (χ1v) is 6.34. The zero-order valence-corrected chi connectivity index (χ0v) is 11.1. The molecule has 0 aliphatic carbocycles. The number of nitrogens with zero attached hydrogens (tertiary/aromatic N) is 3. The summed E-state index contributed by atoms with van der Waals surface area (Å²) < 4.78 is 7.59. The van der Waals surface area contributed by atoms with Gasteiger partial charge in [0.15, 0.2) is 6.29 Å². The normalized spacial score (nSPS) is 10.2. The number of imidazole rings is 1. The molecule has 1 aromatic carbocycles. The van der Waals surface area contributed by atoms with Crippen LogP contribution in [0.25, 0.3) is 5.65 Å². The number of hydrogen-bond donors (Lipinski definition) is 0. The average molecular weight is 277 g/mol. The van der Waals surface area contributed by atoms with Gasteiger partial charge in [-0.15, -0.1) is 0 Å². The Hall–Kier alpha value is -3.13.